The molecule has 0 bridgehead atoms. The first kappa shape index (κ1) is 17.0. The largest absolute Gasteiger partial charge is 0.465 e. The summed E-state index contributed by atoms with van der Waals surface area (Å²) in [5, 5.41) is 13.5. The average molecular weight is 374 g/mol. The van der Waals surface area contributed by atoms with Crippen molar-refractivity contribution in [2.75, 3.05) is 18.5 Å². The Hall–Kier alpha value is -2.42. The molecule has 0 aromatic carbocycles. The molecule has 2 N–H and O–H groups in total. The Labute approximate surface area is 153 Å². The number of furan rings is 2. The van der Waals surface area contributed by atoms with Crippen molar-refractivity contribution in [3.8, 4) is 11.5 Å². The van der Waals surface area contributed by atoms with Crippen LogP contribution in [0.4, 0.5) is 5.13 Å². The van der Waals surface area contributed by atoms with Crippen molar-refractivity contribution in [1.82, 2.24) is 4.98 Å². The minimum atomic E-state index is -1.05. The van der Waals surface area contributed by atoms with Crippen LogP contribution in [0.1, 0.15) is 34.5 Å². The van der Waals surface area contributed by atoms with Gasteiger partial charge in [-0.1, -0.05) is 11.3 Å². The van der Waals surface area contributed by atoms with Gasteiger partial charge in [-0.15, -0.1) is 0 Å². The predicted octanol–water partition coefficient (Wildman–Crippen LogP) is 3.71. The van der Waals surface area contributed by atoms with Gasteiger partial charge < -0.3 is 24.0 Å². The number of Topliss-reactive ketones (excluding diaryl/α,β-unsaturated/α-hetero) is 1. The zero-order valence-electron chi connectivity index (χ0n) is 13.9. The highest BCUT2D eigenvalue weighted by atomic mass is 32.1. The van der Waals surface area contributed by atoms with E-state index in [4.69, 9.17) is 13.6 Å². The van der Waals surface area contributed by atoms with Crippen molar-refractivity contribution < 1.29 is 23.5 Å². The number of thiazole rings is 1. The second kappa shape index (κ2) is 7.45. The second-order valence-corrected chi connectivity index (χ2v) is 6.99. The minimum Gasteiger partial charge on any atom is -0.465 e. The number of ether oxygens (including phenoxy) is 1. The van der Waals surface area contributed by atoms with E-state index in [1.807, 2.05) is 0 Å². The number of nitrogens with zero attached hydrogens (tertiary/aromatic N) is 1. The number of hydrogen-bond acceptors (Lipinski definition) is 8. The summed E-state index contributed by atoms with van der Waals surface area (Å²) in [6.07, 6.45) is 3.38. The van der Waals surface area contributed by atoms with Gasteiger partial charge in [-0.3, -0.25) is 4.79 Å². The average Bonchev–Trinajstić information content (AvgIpc) is 3.42. The molecule has 0 aliphatic carbocycles. The lowest BCUT2D eigenvalue weighted by atomic mass is 9.94. The lowest BCUT2D eigenvalue weighted by molar-refractivity contribution is 0.0547. The van der Waals surface area contributed by atoms with E-state index in [0.717, 1.165) is 0 Å². The number of hydrogen-bond donors (Lipinski definition) is 2. The number of aliphatic hydroxyl groups excluding tert-OH is 1. The molecule has 1 fully saturated rings. The highest BCUT2D eigenvalue weighted by Crippen LogP contribution is 2.36. The van der Waals surface area contributed by atoms with Crippen LogP contribution < -0.4 is 5.32 Å². The zero-order chi connectivity index (χ0) is 17.9. The van der Waals surface area contributed by atoms with Gasteiger partial charge in [0.1, 0.15) is 10.6 Å². The standard InChI is InChI=1S/C18H18N2O5S/c21-15(11-5-9-23-10-6-11)16-14(12-3-1-7-24-12)19-18(26-16)20-17(22)13-4-2-8-25-13/h1-4,7-8,11,17,22H,5-6,9-10H2,(H,19,20). The monoisotopic (exact) mass is 374 g/mol. The molecule has 7 nitrogen and oxygen atoms in total. The maximum Gasteiger partial charge on any atom is 0.186 e. The Balaban J connectivity index is 1.63. The van der Waals surface area contributed by atoms with E-state index in [1.54, 1.807) is 30.5 Å². The number of anilines is 1. The van der Waals surface area contributed by atoms with E-state index in [1.165, 1.54) is 17.6 Å². The van der Waals surface area contributed by atoms with Crippen LogP contribution in [0.3, 0.4) is 0 Å². The third-order valence-electron chi connectivity index (χ3n) is 4.27. The van der Waals surface area contributed by atoms with Gasteiger partial charge in [-0.05, 0) is 37.1 Å². The van der Waals surface area contributed by atoms with Gasteiger partial charge in [0.25, 0.3) is 0 Å². The number of rotatable bonds is 6. The van der Waals surface area contributed by atoms with Crippen LogP contribution in [-0.4, -0.2) is 29.1 Å². The van der Waals surface area contributed by atoms with Crippen molar-refractivity contribution >= 4 is 22.3 Å². The van der Waals surface area contributed by atoms with Crippen LogP contribution >= 0.6 is 11.3 Å². The molecule has 0 spiro atoms. The predicted molar refractivity (Wildman–Crippen MR) is 95.0 cm³/mol. The summed E-state index contributed by atoms with van der Waals surface area (Å²) in [4.78, 5) is 18.0. The quantitative estimate of drug-likeness (QED) is 0.501. The fourth-order valence-corrected chi connectivity index (χ4v) is 3.92. The summed E-state index contributed by atoms with van der Waals surface area (Å²) in [6.45, 7) is 1.18. The maximum atomic E-state index is 13.0. The summed E-state index contributed by atoms with van der Waals surface area (Å²) in [6, 6.07) is 6.87. The highest BCUT2D eigenvalue weighted by Gasteiger charge is 2.29. The molecule has 1 atom stereocenters. The van der Waals surface area contributed by atoms with E-state index in [-0.39, 0.29) is 11.7 Å². The summed E-state index contributed by atoms with van der Waals surface area (Å²) in [7, 11) is 0. The first-order chi connectivity index (χ1) is 12.7. The lowest BCUT2D eigenvalue weighted by Gasteiger charge is -2.20. The summed E-state index contributed by atoms with van der Waals surface area (Å²) < 4.78 is 16.0. The molecule has 3 aromatic rings. The van der Waals surface area contributed by atoms with Crippen LogP contribution in [0.5, 0.6) is 0 Å². The molecule has 0 saturated carbocycles. The molecule has 136 valence electrons. The van der Waals surface area contributed by atoms with Gasteiger partial charge >= 0.3 is 0 Å². The number of aliphatic hydroxyl groups is 1. The van der Waals surface area contributed by atoms with Crippen molar-refractivity contribution in [2.45, 2.75) is 19.1 Å². The van der Waals surface area contributed by atoms with Crippen LogP contribution in [0.2, 0.25) is 0 Å². The Morgan fingerprint density at radius 3 is 2.69 bits per heavy atom. The fraction of sp³-hybridized carbons (Fsp3) is 0.333. The first-order valence-electron chi connectivity index (χ1n) is 8.37. The number of aromatic nitrogens is 1. The summed E-state index contributed by atoms with van der Waals surface area (Å²) in [5.74, 6) is 0.854. The Morgan fingerprint density at radius 1 is 1.23 bits per heavy atom. The molecule has 0 amide bonds. The Kier molecular flexibility index (Phi) is 4.87. The normalized spacial score (nSPS) is 16.5. The Bertz CT molecular complexity index is 850. The molecule has 1 aliphatic rings. The van der Waals surface area contributed by atoms with E-state index < -0.39 is 6.23 Å². The summed E-state index contributed by atoms with van der Waals surface area (Å²) in [5.41, 5.74) is 0.491. The summed E-state index contributed by atoms with van der Waals surface area (Å²) >= 11 is 1.21. The van der Waals surface area contributed by atoms with E-state index in [2.05, 4.69) is 10.3 Å². The van der Waals surface area contributed by atoms with Crippen LogP contribution in [0.25, 0.3) is 11.5 Å². The molecular weight excluding hydrogens is 356 g/mol. The molecule has 1 aliphatic heterocycles. The fourth-order valence-electron chi connectivity index (χ4n) is 2.91. The van der Waals surface area contributed by atoms with Gasteiger partial charge in [-0.2, -0.15) is 0 Å². The van der Waals surface area contributed by atoms with Crippen molar-refractivity contribution in [1.29, 1.82) is 0 Å². The smallest absolute Gasteiger partial charge is 0.186 e. The number of ketones is 1. The minimum absolute atomic E-state index is 0.0396. The van der Waals surface area contributed by atoms with Gasteiger partial charge in [0.05, 0.1) is 12.5 Å². The van der Waals surface area contributed by atoms with Gasteiger partial charge in [0.15, 0.2) is 28.7 Å². The SMILES string of the molecule is O=C(c1sc(NC(O)c2ccco2)nc1-c1ccco1)C1CCOCC1. The number of carbonyl (C=O) groups is 1. The molecular formula is C18H18N2O5S. The first-order valence-corrected chi connectivity index (χ1v) is 9.18. The Morgan fingerprint density at radius 2 is 2.00 bits per heavy atom. The maximum absolute atomic E-state index is 13.0. The second-order valence-electron chi connectivity index (χ2n) is 5.99. The number of carbonyl (C=O) groups excluding carboxylic acids is 1. The molecule has 8 heteroatoms. The van der Waals surface area contributed by atoms with Gasteiger partial charge in [0.2, 0.25) is 0 Å². The highest BCUT2D eigenvalue weighted by molar-refractivity contribution is 7.18. The third kappa shape index (κ3) is 3.44. The van der Waals surface area contributed by atoms with E-state index in [0.29, 0.717) is 53.3 Å². The van der Waals surface area contributed by atoms with Gasteiger partial charge in [0, 0.05) is 19.1 Å². The molecule has 3 aromatic heterocycles. The van der Waals surface area contributed by atoms with E-state index in [9.17, 15) is 9.90 Å². The van der Waals surface area contributed by atoms with Crippen LogP contribution in [0.15, 0.2) is 45.6 Å². The third-order valence-corrected chi connectivity index (χ3v) is 5.27. The molecule has 26 heavy (non-hydrogen) atoms. The van der Waals surface area contributed by atoms with E-state index >= 15 is 0 Å². The number of nitrogens with one attached hydrogen (secondary N) is 1. The molecule has 0 radical (unpaired) electrons. The molecule has 1 unspecified atom stereocenters. The molecule has 1 saturated heterocycles. The van der Waals surface area contributed by atoms with Gasteiger partial charge in [-0.25, -0.2) is 4.98 Å². The van der Waals surface area contributed by atoms with Crippen LogP contribution in [-0.2, 0) is 4.74 Å². The molecule has 4 heterocycles. The molecule has 4 rings (SSSR count). The van der Waals surface area contributed by atoms with Crippen molar-refractivity contribution in [3.05, 3.63) is 47.4 Å². The van der Waals surface area contributed by atoms with Crippen molar-refractivity contribution in [2.24, 2.45) is 5.92 Å². The van der Waals surface area contributed by atoms with Crippen LogP contribution in [0, 0.1) is 5.92 Å². The topological polar surface area (TPSA) is 97.7 Å². The van der Waals surface area contributed by atoms with Crippen molar-refractivity contribution in [3.63, 3.8) is 0 Å². The zero-order valence-corrected chi connectivity index (χ0v) is 14.7. The lowest BCUT2D eigenvalue weighted by Crippen LogP contribution is -2.23.